The molecule has 1 heterocycles. The number of amidine groups is 1. The highest BCUT2D eigenvalue weighted by molar-refractivity contribution is 7.09. The lowest BCUT2D eigenvalue weighted by Gasteiger charge is -2.22. The van der Waals surface area contributed by atoms with E-state index >= 15 is 0 Å². The number of rotatable bonds is 7. The van der Waals surface area contributed by atoms with Gasteiger partial charge in [0.1, 0.15) is 10.8 Å². The molecule has 1 aromatic heterocycles. The lowest BCUT2D eigenvalue weighted by molar-refractivity contribution is 0.304. The van der Waals surface area contributed by atoms with Gasteiger partial charge in [0.25, 0.3) is 0 Å². The Morgan fingerprint density at radius 1 is 1.61 bits per heavy atom. The molecule has 0 bridgehead atoms. The van der Waals surface area contributed by atoms with Crippen molar-refractivity contribution < 1.29 is 5.21 Å². The summed E-state index contributed by atoms with van der Waals surface area (Å²) in [6.45, 7) is 7.67. The molecule has 18 heavy (non-hydrogen) atoms. The fraction of sp³-hybridized carbons (Fsp3) is 0.667. The number of hydrogen-bond acceptors (Lipinski definition) is 5. The van der Waals surface area contributed by atoms with E-state index in [1.807, 2.05) is 20.8 Å². The first-order chi connectivity index (χ1) is 8.45. The van der Waals surface area contributed by atoms with E-state index in [0.717, 1.165) is 36.6 Å². The summed E-state index contributed by atoms with van der Waals surface area (Å²) in [7, 11) is 0. The molecule has 0 spiro atoms. The van der Waals surface area contributed by atoms with Crippen molar-refractivity contribution in [2.24, 2.45) is 16.3 Å². The molecule has 0 radical (unpaired) electrons. The van der Waals surface area contributed by atoms with E-state index in [1.54, 1.807) is 11.3 Å². The Morgan fingerprint density at radius 2 is 2.33 bits per heavy atom. The van der Waals surface area contributed by atoms with Gasteiger partial charge in [0.2, 0.25) is 0 Å². The number of nitrogens with one attached hydrogen (secondary N) is 1. The average molecular weight is 270 g/mol. The van der Waals surface area contributed by atoms with Gasteiger partial charge in [-0.3, -0.25) is 0 Å². The normalized spacial score (nSPS) is 12.9. The van der Waals surface area contributed by atoms with Crippen molar-refractivity contribution in [1.82, 2.24) is 10.3 Å². The predicted molar refractivity (Wildman–Crippen MR) is 75.0 cm³/mol. The van der Waals surface area contributed by atoms with Gasteiger partial charge >= 0.3 is 0 Å². The van der Waals surface area contributed by atoms with Gasteiger partial charge in [-0.25, -0.2) is 4.98 Å². The van der Waals surface area contributed by atoms with Crippen LogP contribution in [0.5, 0.6) is 0 Å². The first-order valence-corrected chi connectivity index (χ1v) is 6.93. The van der Waals surface area contributed by atoms with Crippen molar-refractivity contribution >= 4 is 17.2 Å². The van der Waals surface area contributed by atoms with Gasteiger partial charge in [-0.2, -0.15) is 0 Å². The van der Waals surface area contributed by atoms with E-state index in [9.17, 15) is 0 Å². The number of aromatic nitrogens is 1. The zero-order chi connectivity index (χ0) is 13.6. The van der Waals surface area contributed by atoms with E-state index in [2.05, 4.69) is 20.8 Å². The molecule has 102 valence electrons. The van der Waals surface area contributed by atoms with Crippen LogP contribution in [0.15, 0.2) is 10.5 Å². The maximum Gasteiger partial charge on any atom is 0.144 e. The largest absolute Gasteiger partial charge is 0.409 e. The van der Waals surface area contributed by atoms with E-state index in [4.69, 9.17) is 10.9 Å². The standard InChI is InChI=1S/C12H22N4OS/c1-9-8-18-10(15-9)7-14-6-4-5-12(2,3)11(13)16-17/h8,14,17H,4-7H2,1-3H3,(H2,13,16). The fourth-order valence-corrected chi connectivity index (χ4v) is 2.34. The van der Waals surface area contributed by atoms with Crippen molar-refractivity contribution in [3.63, 3.8) is 0 Å². The number of oxime groups is 1. The van der Waals surface area contributed by atoms with E-state index in [-0.39, 0.29) is 11.3 Å². The number of hydrogen-bond donors (Lipinski definition) is 3. The topological polar surface area (TPSA) is 83.5 Å². The number of aryl methyl sites for hydroxylation is 1. The highest BCUT2D eigenvalue weighted by Gasteiger charge is 2.22. The highest BCUT2D eigenvalue weighted by atomic mass is 32.1. The maximum absolute atomic E-state index is 8.66. The lowest BCUT2D eigenvalue weighted by atomic mass is 9.86. The van der Waals surface area contributed by atoms with Gasteiger partial charge in [0.05, 0.1) is 0 Å². The Balaban J connectivity index is 2.19. The molecule has 0 aliphatic heterocycles. The molecule has 0 saturated carbocycles. The Labute approximate surface area is 112 Å². The molecule has 5 nitrogen and oxygen atoms in total. The molecular weight excluding hydrogens is 248 g/mol. The van der Waals surface area contributed by atoms with E-state index < -0.39 is 0 Å². The monoisotopic (exact) mass is 270 g/mol. The molecule has 6 heteroatoms. The zero-order valence-corrected chi connectivity index (χ0v) is 12.0. The van der Waals surface area contributed by atoms with Gasteiger partial charge in [-0.15, -0.1) is 11.3 Å². The van der Waals surface area contributed by atoms with Crippen LogP contribution in [0, 0.1) is 12.3 Å². The SMILES string of the molecule is Cc1csc(CNCCCC(C)(C)C(N)=NO)n1. The molecule has 0 amide bonds. The summed E-state index contributed by atoms with van der Waals surface area (Å²) in [5.74, 6) is 0.290. The van der Waals surface area contributed by atoms with Crippen LogP contribution in [0.2, 0.25) is 0 Å². The first-order valence-electron chi connectivity index (χ1n) is 6.05. The molecule has 0 unspecified atom stereocenters. The predicted octanol–water partition coefficient (Wildman–Crippen LogP) is 2.09. The fourth-order valence-electron chi connectivity index (χ4n) is 1.60. The summed E-state index contributed by atoms with van der Waals surface area (Å²) in [5, 5.41) is 18.3. The quantitative estimate of drug-likeness (QED) is 0.233. The second-order valence-electron chi connectivity index (χ2n) is 5.03. The third kappa shape index (κ3) is 4.62. The molecule has 1 rings (SSSR count). The number of thiazole rings is 1. The van der Waals surface area contributed by atoms with Crippen molar-refractivity contribution in [2.75, 3.05) is 6.54 Å². The minimum atomic E-state index is -0.256. The Kier molecular flexibility index (Phi) is 5.55. The van der Waals surface area contributed by atoms with Crippen LogP contribution in [-0.4, -0.2) is 22.6 Å². The molecular formula is C12H22N4OS. The third-order valence-electron chi connectivity index (χ3n) is 2.90. The van der Waals surface area contributed by atoms with Gasteiger partial charge in [0, 0.05) is 23.0 Å². The van der Waals surface area contributed by atoms with Crippen molar-refractivity contribution in [3.8, 4) is 0 Å². The van der Waals surface area contributed by atoms with Crippen molar-refractivity contribution in [3.05, 3.63) is 16.1 Å². The maximum atomic E-state index is 8.66. The minimum absolute atomic E-state index is 0.256. The molecule has 0 aliphatic carbocycles. The van der Waals surface area contributed by atoms with E-state index in [1.165, 1.54) is 0 Å². The zero-order valence-electron chi connectivity index (χ0n) is 11.2. The average Bonchev–Trinajstić information content (AvgIpc) is 2.73. The molecule has 0 aliphatic rings. The summed E-state index contributed by atoms with van der Waals surface area (Å²) in [4.78, 5) is 4.38. The van der Waals surface area contributed by atoms with Crippen LogP contribution in [0.1, 0.15) is 37.4 Å². The number of nitrogens with two attached hydrogens (primary N) is 1. The van der Waals surface area contributed by atoms with E-state index in [0.29, 0.717) is 0 Å². The van der Waals surface area contributed by atoms with Gasteiger partial charge in [-0.05, 0) is 26.3 Å². The molecule has 0 atom stereocenters. The molecule has 1 aromatic rings. The van der Waals surface area contributed by atoms with Crippen molar-refractivity contribution in [2.45, 2.75) is 40.2 Å². The second-order valence-corrected chi connectivity index (χ2v) is 5.97. The molecule has 0 aromatic carbocycles. The van der Waals surface area contributed by atoms with Crippen molar-refractivity contribution in [1.29, 1.82) is 0 Å². The highest BCUT2D eigenvalue weighted by Crippen LogP contribution is 2.21. The minimum Gasteiger partial charge on any atom is -0.409 e. The van der Waals surface area contributed by atoms with Gasteiger partial charge in [-0.1, -0.05) is 19.0 Å². The molecule has 0 fully saturated rings. The van der Waals surface area contributed by atoms with Gasteiger partial charge < -0.3 is 16.3 Å². The van der Waals surface area contributed by atoms with Crippen LogP contribution < -0.4 is 11.1 Å². The summed E-state index contributed by atoms with van der Waals surface area (Å²) in [5.41, 5.74) is 6.45. The third-order valence-corrected chi connectivity index (χ3v) is 3.87. The van der Waals surface area contributed by atoms with Gasteiger partial charge in [0.15, 0.2) is 0 Å². The van der Waals surface area contributed by atoms with Crippen LogP contribution >= 0.6 is 11.3 Å². The Hall–Kier alpha value is -1.14. The summed E-state index contributed by atoms with van der Waals surface area (Å²) >= 11 is 1.68. The molecule has 0 saturated heterocycles. The van der Waals surface area contributed by atoms with Crippen LogP contribution in [-0.2, 0) is 6.54 Å². The van der Waals surface area contributed by atoms with Crippen LogP contribution in [0.4, 0.5) is 0 Å². The first kappa shape index (κ1) is 14.9. The second kappa shape index (κ2) is 6.70. The van der Waals surface area contributed by atoms with Crippen LogP contribution in [0.25, 0.3) is 0 Å². The Morgan fingerprint density at radius 3 is 2.89 bits per heavy atom. The smallest absolute Gasteiger partial charge is 0.144 e. The molecule has 4 N–H and O–H groups in total. The Bertz CT molecular complexity index is 401. The number of nitrogens with zero attached hydrogens (tertiary/aromatic N) is 2. The summed E-state index contributed by atoms with van der Waals surface area (Å²) in [6, 6.07) is 0. The summed E-state index contributed by atoms with van der Waals surface area (Å²) < 4.78 is 0. The summed E-state index contributed by atoms with van der Waals surface area (Å²) in [6.07, 6.45) is 1.86. The lowest BCUT2D eigenvalue weighted by Crippen LogP contribution is -2.32. The van der Waals surface area contributed by atoms with Crippen LogP contribution in [0.3, 0.4) is 0 Å².